The number of hydrogen-bond donors (Lipinski definition) is 0. The van der Waals surface area contributed by atoms with E-state index in [1.54, 1.807) is 21.3 Å². The van der Waals surface area contributed by atoms with E-state index in [0.717, 1.165) is 12.1 Å². The van der Waals surface area contributed by atoms with Gasteiger partial charge in [0.15, 0.2) is 25.0 Å². The second-order valence-corrected chi connectivity index (χ2v) is 28.7. The molecule has 0 aromatic carbocycles. The predicted octanol–water partition coefficient (Wildman–Crippen LogP) is 4.36. The van der Waals surface area contributed by atoms with Gasteiger partial charge >= 0.3 is 17.6 Å². The second kappa shape index (κ2) is 9.36. The molecule has 0 aromatic heterocycles. The summed E-state index contributed by atoms with van der Waals surface area (Å²) in [6.07, 6.45) is 0. The molecule has 0 rings (SSSR count). The van der Waals surface area contributed by atoms with Gasteiger partial charge in [-0.15, -0.1) is 0 Å². The fraction of sp³-hybridized carbons (Fsp3) is 1.00. The van der Waals surface area contributed by atoms with Crippen molar-refractivity contribution in [3.8, 4) is 0 Å². The van der Waals surface area contributed by atoms with Crippen LogP contribution in [0.2, 0.25) is 71.0 Å². The molecule has 0 bridgehead atoms. The van der Waals surface area contributed by atoms with Gasteiger partial charge in [-0.3, -0.25) is 0 Å². The van der Waals surface area contributed by atoms with E-state index in [2.05, 4.69) is 58.9 Å². The summed E-state index contributed by atoms with van der Waals surface area (Å²) in [7, 11) is -5.96. The van der Waals surface area contributed by atoms with Crippen molar-refractivity contribution in [1.29, 1.82) is 0 Å². The highest BCUT2D eigenvalue weighted by Gasteiger charge is 2.48. The van der Waals surface area contributed by atoms with Crippen LogP contribution in [0.5, 0.6) is 0 Å². The van der Waals surface area contributed by atoms with Crippen LogP contribution in [0.1, 0.15) is 0 Å². The van der Waals surface area contributed by atoms with Gasteiger partial charge in [0.1, 0.15) is 0 Å². The number of hydrogen-bond acceptors (Lipinski definition) is 6. The van der Waals surface area contributed by atoms with Gasteiger partial charge in [0, 0.05) is 33.9 Å². The van der Waals surface area contributed by atoms with Crippen molar-refractivity contribution in [3.63, 3.8) is 0 Å². The molecule has 0 fully saturated rings. The van der Waals surface area contributed by atoms with Crippen LogP contribution < -0.4 is 0 Å². The standard InChI is InChI=1S/C14H40O6Si5/c1-15-25(16-2,17-3)14-13-23(10,11)20-24(12,18-21(4,5)6)19-22(7,8)9/h13-14H2,1-12H3. The van der Waals surface area contributed by atoms with Gasteiger partial charge in [0.2, 0.25) is 0 Å². The average molecular weight is 445 g/mol. The van der Waals surface area contributed by atoms with Crippen LogP contribution >= 0.6 is 0 Å². The zero-order chi connectivity index (χ0) is 20.2. The van der Waals surface area contributed by atoms with Crippen LogP contribution in [-0.2, 0) is 25.6 Å². The van der Waals surface area contributed by atoms with Gasteiger partial charge in [-0.1, -0.05) is 0 Å². The lowest BCUT2D eigenvalue weighted by atomic mass is 10.9. The molecule has 0 aliphatic rings. The molecular formula is C14H40O6Si5. The van der Waals surface area contributed by atoms with Crippen molar-refractivity contribution in [3.05, 3.63) is 0 Å². The lowest BCUT2D eigenvalue weighted by Gasteiger charge is -2.42. The molecule has 0 aliphatic carbocycles. The SMILES string of the molecule is CO[Si](CC[Si](C)(C)O[Si](C)(O[Si](C)(C)C)O[Si](C)(C)C)(OC)OC. The molecule has 0 amide bonds. The zero-order valence-electron chi connectivity index (χ0n) is 18.4. The summed E-state index contributed by atoms with van der Waals surface area (Å²) in [5, 5.41) is 0. The molecule has 25 heavy (non-hydrogen) atoms. The van der Waals surface area contributed by atoms with E-state index in [-0.39, 0.29) is 0 Å². The van der Waals surface area contributed by atoms with Crippen molar-refractivity contribution in [2.24, 2.45) is 0 Å². The van der Waals surface area contributed by atoms with Gasteiger partial charge in [-0.05, 0) is 58.4 Å². The van der Waals surface area contributed by atoms with Crippen LogP contribution in [0, 0.1) is 0 Å². The predicted molar refractivity (Wildman–Crippen MR) is 115 cm³/mol. The minimum absolute atomic E-state index is 0.736. The summed E-state index contributed by atoms with van der Waals surface area (Å²) >= 11 is 0. The lowest BCUT2D eigenvalue weighted by Crippen LogP contribution is -2.59. The summed E-state index contributed by atoms with van der Waals surface area (Å²) in [4.78, 5) is 0. The van der Waals surface area contributed by atoms with Gasteiger partial charge < -0.3 is 25.6 Å². The molecule has 0 unspecified atom stereocenters. The Morgan fingerprint density at radius 3 is 1.16 bits per heavy atom. The van der Waals surface area contributed by atoms with E-state index in [9.17, 15) is 0 Å². The fourth-order valence-electron chi connectivity index (χ4n) is 2.74. The van der Waals surface area contributed by atoms with Gasteiger partial charge in [0.25, 0.3) is 0 Å². The second-order valence-electron chi connectivity index (χ2n) is 8.95. The highest BCUT2D eigenvalue weighted by atomic mass is 28.5. The summed E-state index contributed by atoms with van der Waals surface area (Å²) < 4.78 is 36.2. The third-order valence-corrected chi connectivity index (χ3v) is 19.7. The first kappa shape index (κ1) is 25.8. The van der Waals surface area contributed by atoms with Crippen molar-refractivity contribution in [2.45, 2.75) is 71.0 Å². The molecule has 0 saturated heterocycles. The van der Waals surface area contributed by atoms with Gasteiger partial charge in [0.05, 0.1) is 0 Å². The summed E-state index contributed by atoms with van der Waals surface area (Å²) in [5.74, 6) is 0. The maximum Gasteiger partial charge on any atom is 0.499 e. The van der Waals surface area contributed by atoms with E-state index in [1.807, 2.05) is 0 Å². The first-order valence-corrected chi connectivity index (χ1v) is 22.9. The van der Waals surface area contributed by atoms with Crippen molar-refractivity contribution < 1.29 is 25.6 Å². The van der Waals surface area contributed by atoms with Crippen LogP contribution in [0.15, 0.2) is 0 Å². The summed E-state index contributed by atoms with van der Waals surface area (Å²) in [6, 6.07) is 1.61. The van der Waals surface area contributed by atoms with E-state index >= 15 is 0 Å². The molecule has 0 spiro atoms. The maximum absolute atomic E-state index is 6.66. The Balaban J connectivity index is 5.24. The van der Waals surface area contributed by atoms with Gasteiger partial charge in [-0.2, -0.15) is 0 Å². The molecule has 0 saturated carbocycles. The third-order valence-electron chi connectivity index (χ3n) is 3.41. The molecule has 0 heterocycles. The third kappa shape index (κ3) is 10.7. The highest BCUT2D eigenvalue weighted by Crippen LogP contribution is 2.29. The van der Waals surface area contributed by atoms with Crippen LogP contribution in [-0.4, -0.2) is 63.9 Å². The summed E-state index contributed by atoms with van der Waals surface area (Å²) in [5.41, 5.74) is 0. The fourth-order valence-corrected chi connectivity index (χ4v) is 22.4. The smallest absolute Gasteiger partial charge is 0.417 e. The van der Waals surface area contributed by atoms with E-state index in [1.165, 1.54) is 0 Å². The van der Waals surface area contributed by atoms with Crippen LogP contribution in [0.25, 0.3) is 0 Å². The zero-order valence-corrected chi connectivity index (χ0v) is 23.4. The first-order chi connectivity index (χ1) is 11.0. The molecule has 6 nitrogen and oxygen atoms in total. The quantitative estimate of drug-likeness (QED) is 0.417. The van der Waals surface area contributed by atoms with Crippen LogP contribution in [0.4, 0.5) is 0 Å². The molecule has 0 N–H and O–H groups in total. The molecular weight excluding hydrogens is 405 g/mol. The normalized spacial score (nSPS) is 14.9. The van der Waals surface area contributed by atoms with E-state index < -0.39 is 42.6 Å². The molecule has 0 aliphatic heterocycles. The monoisotopic (exact) mass is 444 g/mol. The Morgan fingerprint density at radius 1 is 0.520 bits per heavy atom. The Hall–Kier alpha value is 0.844. The molecule has 0 radical (unpaired) electrons. The van der Waals surface area contributed by atoms with E-state index in [0.29, 0.717) is 0 Å². The van der Waals surface area contributed by atoms with Gasteiger partial charge in [-0.25, -0.2) is 0 Å². The average Bonchev–Trinajstić information content (AvgIpc) is 2.35. The lowest BCUT2D eigenvalue weighted by molar-refractivity contribution is 0.124. The van der Waals surface area contributed by atoms with Crippen molar-refractivity contribution in [2.75, 3.05) is 21.3 Å². The molecule has 152 valence electrons. The largest absolute Gasteiger partial charge is 0.499 e. The first-order valence-electron chi connectivity index (χ1n) is 8.77. The topological polar surface area (TPSA) is 55.4 Å². The summed E-state index contributed by atoms with van der Waals surface area (Å²) in [6.45, 7) is 19.6. The minimum atomic E-state index is -2.70. The Labute approximate surface area is 160 Å². The Morgan fingerprint density at radius 2 is 0.880 bits per heavy atom. The molecule has 0 atom stereocenters. The molecule has 11 heteroatoms. The van der Waals surface area contributed by atoms with E-state index in [4.69, 9.17) is 25.6 Å². The number of rotatable bonds is 12. The van der Waals surface area contributed by atoms with Crippen LogP contribution in [0.3, 0.4) is 0 Å². The Kier molecular flexibility index (Phi) is 9.68. The van der Waals surface area contributed by atoms with Crippen molar-refractivity contribution >= 4 is 42.6 Å². The highest BCUT2D eigenvalue weighted by molar-refractivity contribution is 6.90. The Bertz CT molecular complexity index is 379. The molecule has 0 aromatic rings. The van der Waals surface area contributed by atoms with Crippen molar-refractivity contribution in [1.82, 2.24) is 0 Å². The minimum Gasteiger partial charge on any atom is -0.417 e. The maximum atomic E-state index is 6.66.